The second kappa shape index (κ2) is 9.05. The maximum Gasteiger partial charge on any atom is 0.339 e. The zero-order valence-corrected chi connectivity index (χ0v) is 18.0. The lowest BCUT2D eigenvalue weighted by Gasteiger charge is -2.29. The van der Waals surface area contributed by atoms with Crippen molar-refractivity contribution in [3.05, 3.63) is 28.2 Å². The monoisotopic (exact) mass is 461 g/mol. The van der Waals surface area contributed by atoms with E-state index >= 15 is 0 Å². The van der Waals surface area contributed by atoms with Gasteiger partial charge in [0.15, 0.2) is 16.4 Å². The van der Waals surface area contributed by atoms with Crippen LogP contribution in [0.25, 0.3) is 0 Å². The number of hydrogen-bond acceptors (Lipinski definition) is 6. The molecule has 0 N–H and O–H groups in total. The molecule has 0 aromatic heterocycles. The summed E-state index contributed by atoms with van der Waals surface area (Å²) >= 11 is 3.28. The minimum Gasteiger partial charge on any atom is -0.497 e. The van der Waals surface area contributed by atoms with Gasteiger partial charge < -0.3 is 14.4 Å². The van der Waals surface area contributed by atoms with Gasteiger partial charge in [0.2, 0.25) is 0 Å². The number of benzene rings is 1. The molecule has 1 atom stereocenters. The van der Waals surface area contributed by atoms with Crippen LogP contribution in [0.3, 0.4) is 0 Å². The third-order valence-electron chi connectivity index (χ3n) is 4.25. The summed E-state index contributed by atoms with van der Waals surface area (Å²) in [5, 5.41) is 0. The third kappa shape index (κ3) is 5.93. The highest BCUT2D eigenvalue weighted by atomic mass is 79.9. The molecule has 1 aliphatic rings. The SMILES string of the molecule is COc1ccc(Br)c(C(=O)OCC(=O)N(CC(C)C)C2CCS(=O)(=O)C2)c1. The fourth-order valence-electron chi connectivity index (χ4n) is 2.94. The maximum absolute atomic E-state index is 12.6. The van der Waals surface area contributed by atoms with Crippen LogP contribution < -0.4 is 4.74 Å². The van der Waals surface area contributed by atoms with E-state index in [2.05, 4.69) is 15.9 Å². The summed E-state index contributed by atoms with van der Waals surface area (Å²) in [7, 11) is -1.63. The number of methoxy groups -OCH3 is 1. The van der Waals surface area contributed by atoms with Gasteiger partial charge in [0.05, 0.1) is 24.2 Å². The Morgan fingerprint density at radius 2 is 2.04 bits per heavy atom. The summed E-state index contributed by atoms with van der Waals surface area (Å²) in [5.41, 5.74) is 0.251. The Hall–Kier alpha value is -1.61. The minimum absolute atomic E-state index is 0.0408. The summed E-state index contributed by atoms with van der Waals surface area (Å²) in [4.78, 5) is 26.5. The molecule has 0 bridgehead atoms. The van der Waals surface area contributed by atoms with Crippen molar-refractivity contribution in [1.82, 2.24) is 4.90 Å². The highest BCUT2D eigenvalue weighted by Crippen LogP contribution is 2.24. The average molecular weight is 462 g/mol. The maximum atomic E-state index is 12.6. The quantitative estimate of drug-likeness (QED) is 0.578. The van der Waals surface area contributed by atoms with Gasteiger partial charge in [-0.25, -0.2) is 13.2 Å². The van der Waals surface area contributed by atoms with E-state index in [1.165, 1.54) is 18.1 Å². The first-order valence-electron chi connectivity index (χ1n) is 8.63. The molecule has 1 heterocycles. The van der Waals surface area contributed by atoms with E-state index in [0.29, 0.717) is 23.2 Å². The molecule has 1 aromatic rings. The van der Waals surface area contributed by atoms with Crippen LogP contribution in [-0.4, -0.2) is 63.0 Å². The molecule has 0 aliphatic carbocycles. The van der Waals surface area contributed by atoms with Crippen LogP contribution in [-0.2, 0) is 19.4 Å². The lowest BCUT2D eigenvalue weighted by molar-refractivity contribution is -0.137. The second-order valence-corrected chi connectivity index (χ2v) is 10.0. The van der Waals surface area contributed by atoms with E-state index in [9.17, 15) is 18.0 Å². The molecule has 1 saturated heterocycles. The molecule has 150 valence electrons. The molecule has 2 rings (SSSR count). The molecule has 27 heavy (non-hydrogen) atoms. The summed E-state index contributed by atoms with van der Waals surface area (Å²) in [6, 6.07) is 4.50. The summed E-state index contributed by atoms with van der Waals surface area (Å²) < 4.78 is 34.3. The number of amides is 1. The van der Waals surface area contributed by atoms with Gasteiger partial charge in [-0.05, 0) is 46.5 Å². The Labute approximate surface area is 168 Å². The van der Waals surface area contributed by atoms with Crippen molar-refractivity contribution in [1.29, 1.82) is 0 Å². The lowest BCUT2D eigenvalue weighted by Crippen LogP contribution is -2.45. The zero-order valence-electron chi connectivity index (χ0n) is 15.6. The van der Waals surface area contributed by atoms with Crippen LogP contribution >= 0.6 is 15.9 Å². The first-order valence-corrected chi connectivity index (χ1v) is 11.2. The molecular weight excluding hydrogens is 438 g/mol. The number of hydrogen-bond donors (Lipinski definition) is 0. The van der Waals surface area contributed by atoms with Gasteiger partial charge >= 0.3 is 5.97 Å². The van der Waals surface area contributed by atoms with Gasteiger partial charge in [-0.2, -0.15) is 0 Å². The highest BCUT2D eigenvalue weighted by molar-refractivity contribution is 9.10. The van der Waals surface area contributed by atoms with Crippen molar-refractivity contribution >= 4 is 37.6 Å². The van der Waals surface area contributed by atoms with Crippen LogP contribution in [0, 0.1) is 5.92 Å². The predicted octanol–water partition coefficient (Wildman–Crippen LogP) is 2.29. The third-order valence-corrected chi connectivity index (χ3v) is 6.69. The van der Waals surface area contributed by atoms with E-state index in [4.69, 9.17) is 9.47 Å². The molecular formula is C18H24BrNO6S. The molecule has 1 amide bonds. The number of halogens is 1. The first-order chi connectivity index (χ1) is 12.6. The number of carbonyl (C=O) groups excluding carboxylic acids is 2. The minimum atomic E-state index is -3.12. The average Bonchev–Trinajstić information content (AvgIpc) is 2.97. The number of rotatable bonds is 7. The lowest BCUT2D eigenvalue weighted by atomic mass is 10.1. The summed E-state index contributed by atoms with van der Waals surface area (Å²) in [6.07, 6.45) is 0.413. The Kier molecular flexibility index (Phi) is 7.27. The van der Waals surface area contributed by atoms with Crippen molar-refractivity contribution < 1.29 is 27.5 Å². The van der Waals surface area contributed by atoms with Gasteiger partial charge in [-0.1, -0.05) is 13.8 Å². The van der Waals surface area contributed by atoms with E-state index < -0.39 is 28.3 Å². The fourth-order valence-corrected chi connectivity index (χ4v) is 5.08. The Morgan fingerprint density at radius 3 is 2.59 bits per heavy atom. The molecule has 1 unspecified atom stereocenters. The predicted molar refractivity (Wildman–Crippen MR) is 105 cm³/mol. The van der Waals surface area contributed by atoms with E-state index in [1.54, 1.807) is 12.1 Å². The molecule has 1 aromatic carbocycles. The highest BCUT2D eigenvalue weighted by Gasteiger charge is 2.35. The summed E-state index contributed by atoms with van der Waals surface area (Å²) in [6.45, 7) is 3.87. The summed E-state index contributed by atoms with van der Waals surface area (Å²) in [5.74, 6) is -0.345. The zero-order chi connectivity index (χ0) is 20.2. The number of carbonyl (C=O) groups is 2. The number of esters is 1. The standard InChI is InChI=1S/C18H24BrNO6S/c1-12(2)9-20(13-6-7-27(23,24)11-13)17(21)10-26-18(22)15-8-14(25-3)4-5-16(15)19/h4-5,8,12-13H,6-7,9-11H2,1-3H3. The van der Waals surface area contributed by atoms with Crippen LogP contribution in [0.1, 0.15) is 30.6 Å². The second-order valence-electron chi connectivity index (χ2n) is 6.92. The van der Waals surface area contributed by atoms with Crippen LogP contribution in [0.4, 0.5) is 0 Å². The van der Waals surface area contributed by atoms with E-state index in [-0.39, 0.29) is 29.0 Å². The largest absolute Gasteiger partial charge is 0.497 e. The van der Waals surface area contributed by atoms with E-state index in [1.807, 2.05) is 13.8 Å². The van der Waals surface area contributed by atoms with Gasteiger partial charge in [-0.3, -0.25) is 4.79 Å². The van der Waals surface area contributed by atoms with Gasteiger partial charge in [0.25, 0.3) is 5.91 Å². The molecule has 9 heteroatoms. The van der Waals surface area contributed by atoms with Gasteiger partial charge in [0.1, 0.15) is 5.75 Å². The smallest absolute Gasteiger partial charge is 0.339 e. The molecule has 0 saturated carbocycles. The number of sulfone groups is 1. The number of ether oxygens (including phenoxy) is 2. The van der Waals surface area contributed by atoms with E-state index in [0.717, 1.165) is 0 Å². The fraction of sp³-hybridized carbons (Fsp3) is 0.556. The molecule has 1 aliphatic heterocycles. The Bertz CT molecular complexity index is 808. The van der Waals surface area contributed by atoms with Crippen molar-refractivity contribution in [2.45, 2.75) is 26.3 Å². The van der Waals surface area contributed by atoms with Crippen LogP contribution in [0.5, 0.6) is 5.75 Å². The van der Waals surface area contributed by atoms with Crippen molar-refractivity contribution in [3.63, 3.8) is 0 Å². The molecule has 7 nitrogen and oxygen atoms in total. The van der Waals surface area contributed by atoms with Gasteiger partial charge in [0, 0.05) is 17.1 Å². The first kappa shape index (κ1) is 21.7. The van der Waals surface area contributed by atoms with Crippen molar-refractivity contribution in [2.24, 2.45) is 5.92 Å². The number of nitrogens with zero attached hydrogens (tertiary/aromatic N) is 1. The van der Waals surface area contributed by atoms with Crippen LogP contribution in [0.15, 0.2) is 22.7 Å². The van der Waals surface area contributed by atoms with Gasteiger partial charge in [-0.15, -0.1) is 0 Å². The van der Waals surface area contributed by atoms with Crippen LogP contribution in [0.2, 0.25) is 0 Å². The normalized spacial score (nSPS) is 18.3. The van der Waals surface area contributed by atoms with Crippen molar-refractivity contribution in [2.75, 3.05) is 31.8 Å². The molecule has 0 radical (unpaired) electrons. The molecule has 1 fully saturated rings. The Morgan fingerprint density at radius 1 is 1.33 bits per heavy atom. The topological polar surface area (TPSA) is 90.0 Å². The molecule has 0 spiro atoms. The van der Waals surface area contributed by atoms with Crippen molar-refractivity contribution in [3.8, 4) is 5.75 Å². The Balaban J connectivity index is 2.06.